The zero-order chi connectivity index (χ0) is 13.4. The third kappa shape index (κ3) is 2.05. The van der Waals surface area contributed by atoms with Crippen LogP contribution in [0.2, 0.25) is 0 Å². The van der Waals surface area contributed by atoms with Gasteiger partial charge in [-0.15, -0.1) is 0 Å². The summed E-state index contributed by atoms with van der Waals surface area (Å²) in [6.45, 7) is 3.30. The fraction of sp³-hybridized carbons (Fsp3) is 0.833. The second-order valence-corrected chi connectivity index (χ2v) is 5.55. The van der Waals surface area contributed by atoms with Gasteiger partial charge in [-0.2, -0.15) is 0 Å². The molecule has 102 valence electrons. The quantitative estimate of drug-likeness (QED) is 0.333. The molecule has 2 fully saturated rings. The molecule has 1 aliphatic carbocycles. The summed E-state index contributed by atoms with van der Waals surface area (Å²) in [5, 5.41) is 11.8. The third-order valence-electron chi connectivity index (χ3n) is 4.20. The van der Waals surface area contributed by atoms with Crippen molar-refractivity contribution >= 4 is 11.7 Å². The highest BCUT2D eigenvalue weighted by molar-refractivity contribution is 6.09. The molecule has 1 unspecified atom stereocenters. The maximum Gasteiger partial charge on any atom is 0.236 e. The molecule has 1 heterocycles. The van der Waals surface area contributed by atoms with Crippen molar-refractivity contribution in [2.75, 3.05) is 20.2 Å². The zero-order valence-corrected chi connectivity index (χ0v) is 11.0. The molecule has 3 N–H and O–H groups in total. The Morgan fingerprint density at radius 3 is 2.61 bits per heavy atom. The number of hydrogen-bond acceptors (Lipinski definition) is 4. The molecule has 1 aliphatic heterocycles. The standard InChI is InChI=1S/C12H21N3O3/c1-11(18-2)4-3-7-15(8-11)10(16)12(5-6-12)9(13)14-17/h17H,3-8H2,1-2H3,(H2,13,14). The van der Waals surface area contributed by atoms with Crippen LogP contribution in [0.4, 0.5) is 0 Å². The van der Waals surface area contributed by atoms with Crippen molar-refractivity contribution in [2.24, 2.45) is 16.3 Å². The summed E-state index contributed by atoms with van der Waals surface area (Å²) in [5.41, 5.74) is 4.61. The Bertz CT molecular complexity index is 379. The van der Waals surface area contributed by atoms with E-state index in [9.17, 15) is 4.79 Å². The Morgan fingerprint density at radius 2 is 2.11 bits per heavy atom. The number of nitrogens with zero attached hydrogens (tertiary/aromatic N) is 2. The molecule has 1 saturated heterocycles. The summed E-state index contributed by atoms with van der Waals surface area (Å²) >= 11 is 0. The minimum atomic E-state index is -0.749. The fourth-order valence-electron chi connectivity index (χ4n) is 2.65. The first-order valence-electron chi connectivity index (χ1n) is 6.30. The van der Waals surface area contributed by atoms with Gasteiger partial charge in [0, 0.05) is 20.2 Å². The number of carbonyl (C=O) groups excluding carboxylic acids is 1. The van der Waals surface area contributed by atoms with Crippen molar-refractivity contribution in [3.63, 3.8) is 0 Å². The number of nitrogens with two attached hydrogens (primary N) is 1. The second kappa shape index (κ2) is 4.42. The van der Waals surface area contributed by atoms with E-state index in [1.54, 1.807) is 12.0 Å². The average Bonchev–Trinajstić information content (AvgIpc) is 3.18. The van der Waals surface area contributed by atoms with Gasteiger partial charge < -0.3 is 20.6 Å². The molecule has 2 aliphatic rings. The van der Waals surface area contributed by atoms with E-state index in [-0.39, 0.29) is 17.3 Å². The summed E-state index contributed by atoms with van der Waals surface area (Å²) in [6, 6.07) is 0. The molecular formula is C12H21N3O3. The molecule has 1 amide bonds. The van der Waals surface area contributed by atoms with Crippen molar-refractivity contribution in [3.05, 3.63) is 0 Å². The number of rotatable bonds is 3. The van der Waals surface area contributed by atoms with Crippen LogP contribution < -0.4 is 5.73 Å². The van der Waals surface area contributed by atoms with Crippen molar-refractivity contribution in [1.82, 2.24) is 4.90 Å². The largest absolute Gasteiger partial charge is 0.409 e. The Morgan fingerprint density at radius 1 is 1.44 bits per heavy atom. The molecule has 6 heteroatoms. The first-order chi connectivity index (χ1) is 8.47. The SMILES string of the molecule is COC1(C)CCCN(C(=O)C2(C(N)=NO)CC2)C1. The lowest BCUT2D eigenvalue weighted by molar-refractivity contribution is -0.142. The summed E-state index contributed by atoms with van der Waals surface area (Å²) in [6.07, 6.45) is 3.20. The lowest BCUT2D eigenvalue weighted by Gasteiger charge is -2.40. The van der Waals surface area contributed by atoms with Crippen LogP contribution in [0.3, 0.4) is 0 Å². The fourth-order valence-corrected chi connectivity index (χ4v) is 2.65. The van der Waals surface area contributed by atoms with Gasteiger partial charge in [0.2, 0.25) is 5.91 Å². The van der Waals surface area contributed by atoms with E-state index in [2.05, 4.69) is 5.16 Å². The first kappa shape index (κ1) is 13.1. The van der Waals surface area contributed by atoms with Crippen LogP contribution in [0.5, 0.6) is 0 Å². The number of carbonyl (C=O) groups is 1. The number of amidine groups is 1. The van der Waals surface area contributed by atoms with Gasteiger partial charge >= 0.3 is 0 Å². The van der Waals surface area contributed by atoms with Gasteiger partial charge in [0.05, 0.1) is 5.60 Å². The van der Waals surface area contributed by atoms with Gasteiger partial charge in [-0.1, -0.05) is 5.16 Å². The summed E-state index contributed by atoms with van der Waals surface area (Å²) in [7, 11) is 1.67. The third-order valence-corrected chi connectivity index (χ3v) is 4.20. The monoisotopic (exact) mass is 255 g/mol. The molecule has 1 saturated carbocycles. The Labute approximate surface area is 107 Å². The lowest BCUT2D eigenvalue weighted by atomic mass is 9.92. The highest BCUT2D eigenvalue weighted by atomic mass is 16.5. The molecule has 0 spiro atoms. The van der Waals surface area contributed by atoms with Gasteiger partial charge in [-0.3, -0.25) is 4.79 Å². The smallest absolute Gasteiger partial charge is 0.236 e. The summed E-state index contributed by atoms with van der Waals surface area (Å²) < 4.78 is 5.47. The van der Waals surface area contributed by atoms with Crippen LogP contribution in [0.1, 0.15) is 32.6 Å². The van der Waals surface area contributed by atoms with Crippen LogP contribution in [-0.4, -0.2) is 47.7 Å². The van der Waals surface area contributed by atoms with E-state index in [1.807, 2.05) is 6.92 Å². The molecule has 0 aromatic rings. The van der Waals surface area contributed by atoms with Crippen molar-refractivity contribution in [3.8, 4) is 0 Å². The molecule has 18 heavy (non-hydrogen) atoms. The normalized spacial score (nSPS) is 31.2. The number of hydrogen-bond donors (Lipinski definition) is 2. The number of likely N-dealkylation sites (tertiary alicyclic amines) is 1. The van der Waals surface area contributed by atoms with E-state index < -0.39 is 5.41 Å². The number of piperidine rings is 1. The highest BCUT2D eigenvalue weighted by Gasteiger charge is 2.56. The minimum absolute atomic E-state index is 0.0271. The number of oxime groups is 1. The van der Waals surface area contributed by atoms with Gasteiger partial charge in [0.25, 0.3) is 0 Å². The van der Waals surface area contributed by atoms with Crippen molar-refractivity contribution in [1.29, 1.82) is 0 Å². The van der Waals surface area contributed by atoms with Crippen LogP contribution in [-0.2, 0) is 9.53 Å². The Kier molecular flexibility index (Phi) is 3.23. The van der Waals surface area contributed by atoms with E-state index in [0.717, 1.165) is 19.4 Å². The van der Waals surface area contributed by atoms with Gasteiger partial charge in [-0.25, -0.2) is 0 Å². The molecule has 6 nitrogen and oxygen atoms in total. The molecule has 0 bridgehead atoms. The molecule has 0 aromatic heterocycles. The zero-order valence-electron chi connectivity index (χ0n) is 11.0. The molecular weight excluding hydrogens is 234 g/mol. The van der Waals surface area contributed by atoms with E-state index in [1.165, 1.54) is 0 Å². The lowest BCUT2D eigenvalue weighted by Crippen LogP contribution is -2.53. The first-order valence-corrected chi connectivity index (χ1v) is 6.30. The highest BCUT2D eigenvalue weighted by Crippen LogP contribution is 2.48. The predicted octanol–water partition coefficient (Wildman–Crippen LogP) is 0.541. The number of amides is 1. The van der Waals surface area contributed by atoms with Crippen LogP contribution in [0.15, 0.2) is 5.16 Å². The minimum Gasteiger partial charge on any atom is -0.409 e. The van der Waals surface area contributed by atoms with Gasteiger partial charge in [0.15, 0.2) is 5.84 Å². The molecule has 1 atom stereocenters. The summed E-state index contributed by atoms with van der Waals surface area (Å²) in [4.78, 5) is 14.3. The van der Waals surface area contributed by atoms with E-state index in [4.69, 9.17) is 15.7 Å². The van der Waals surface area contributed by atoms with Crippen LogP contribution in [0, 0.1) is 5.41 Å². The second-order valence-electron chi connectivity index (χ2n) is 5.55. The van der Waals surface area contributed by atoms with Crippen molar-refractivity contribution < 1.29 is 14.7 Å². The van der Waals surface area contributed by atoms with E-state index in [0.29, 0.717) is 19.4 Å². The maximum atomic E-state index is 12.5. The Hall–Kier alpha value is -1.30. The molecule has 2 rings (SSSR count). The van der Waals surface area contributed by atoms with Crippen LogP contribution in [0.25, 0.3) is 0 Å². The average molecular weight is 255 g/mol. The maximum absolute atomic E-state index is 12.5. The van der Waals surface area contributed by atoms with Crippen molar-refractivity contribution in [2.45, 2.75) is 38.2 Å². The number of ether oxygens (including phenoxy) is 1. The topological polar surface area (TPSA) is 88.2 Å². The van der Waals surface area contributed by atoms with Gasteiger partial charge in [-0.05, 0) is 32.6 Å². The predicted molar refractivity (Wildman–Crippen MR) is 66.3 cm³/mol. The summed E-state index contributed by atoms with van der Waals surface area (Å²) in [5.74, 6) is 0.0120. The number of methoxy groups -OCH3 is 1. The Balaban J connectivity index is 2.11. The van der Waals surface area contributed by atoms with E-state index >= 15 is 0 Å². The molecule has 0 radical (unpaired) electrons. The van der Waals surface area contributed by atoms with Gasteiger partial charge in [0.1, 0.15) is 5.41 Å². The van der Waals surface area contributed by atoms with Crippen LogP contribution >= 0.6 is 0 Å². The molecule has 0 aromatic carbocycles.